The first kappa shape index (κ1) is 13.2. The van der Waals surface area contributed by atoms with Gasteiger partial charge in [-0.05, 0) is 31.1 Å². The molecular formula is C13H22F2O2. The van der Waals surface area contributed by atoms with Crippen molar-refractivity contribution in [3.05, 3.63) is 0 Å². The summed E-state index contributed by atoms with van der Waals surface area (Å²) in [6.45, 7) is 3.93. The zero-order valence-corrected chi connectivity index (χ0v) is 10.6. The van der Waals surface area contributed by atoms with Crippen LogP contribution in [0.25, 0.3) is 0 Å². The first-order valence-electron chi connectivity index (χ1n) is 6.35. The molecule has 0 saturated heterocycles. The Hall–Kier alpha value is -0.220. The van der Waals surface area contributed by atoms with Gasteiger partial charge in [0.1, 0.15) is 0 Å². The zero-order valence-electron chi connectivity index (χ0n) is 10.6. The first-order chi connectivity index (χ1) is 7.64. The summed E-state index contributed by atoms with van der Waals surface area (Å²) in [5.74, 6) is -2.70. The van der Waals surface area contributed by atoms with E-state index in [0.717, 1.165) is 12.8 Å². The molecule has 0 bridgehead atoms. The molecule has 0 aromatic rings. The molecule has 0 unspecified atom stereocenters. The fourth-order valence-corrected chi connectivity index (χ4v) is 3.40. The van der Waals surface area contributed by atoms with Crippen LogP contribution in [0.2, 0.25) is 0 Å². The number of aliphatic hydroxyl groups excluding tert-OH is 1. The van der Waals surface area contributed by atoms with Crippen LogP contribution in [0, 0.1) is 10.8 Å². The van der Waals surface area contributed by atoms with Crippen LogP contribution in [-0.4, -0.2) is 28.3 Å². The van der Waals surface area contributed by atoms with Crippen molar-refractivity contribution in [3.8, 4) is 0 Å². The fourth-order valence-electron chi connectivity index (χ4n) is 3.40. The normalized spacial score (nSPS) is 32.8. The minimum atomic E-state index is -2.70. The van der Waals surface area contributed by atoms with Crippen LogP contribution in [0.1, 0.15) is 52.4 Å². The lowest BCUT2D eigenvalue weighted by atomic mass is 9.52. The minimum absolute atomic E-state index is 0.176. The van der Waals surface area contributed by atoms with E-state index in [1.165, 1.54) is 0 Å². The average Bonchev–Trinajstić information content (AvgIpc) is 2.18. The van der Waals surface area contributed by atoms with Crippen LogP contribution in [-0.2, 0) is 0 Å². The van der Waals surface area contributed by atoms with Crippen molar-refractivity contribution in [1.29, 1.82) is 0 Å². The van der Waals surface area contributed by atoms with Gasteiger partial charge in [0, 0.05) is 18.3 Å². The second-order valence-corrected chi connectivity index (χ2v) is 6.84. The number of rotatable bonds is 2. The molecule has 0 atom stereocenters. The van der Waals surface area contributed by atoms with E-state index in [1.807, 2.05) is 0 Å². The summed E-state index contributed by atoms with van der Waals surface area (Å²) in [5, 5.41) is 20.0. The molecule has 0 amide bonds. The molecular weight excluding hydrogens is 226 g/mol. The van der Waals surface area contributed by atoms with Crippen LogP contribution < -0.4 is 0 Å². The molecule has 2 aliphatic rings. The van der Waals surface area contributed by atoms with Crippen LogP contribution in [0.4, 0.5) is 8.78 Å². The van der Waals surface area contributed by atoms with Crippen LogP contribution in [0.15, 0.2) is 0 Å². The van der Waals surface area contributed by atoms with Gasteiger partial charge in [0.2, 0.25) is 5.92 Å². The van der Waals surface area contributed by atoms with Crippen molar-refractivity contribution < 1.29 is 19.0 Å². The molecule has 0 heterocycles. The van der Waals surface area contributed by atoms with E-state index in [2.05, 4.69) is 13.8 Å². The largest absolute Gasteiger partial charge is 0.396 e. The van der Waals surface area contributed by atoms with Gasteiger partial charge < -0.3 is 10.2 Å². The number of alkyl halides is 2. The molecule has 2 N–H and O–H groups in total. The van der Waals surface area contributed by atoms with Crippen molar-refractivity contribution in [1.82, 2.24) is 0 Å². The van der Waals surface area contributed by atoms with Crippen molar-refractivity contribution >= 4 is 0 Å². The summed E-state index contributed by atoms with van der Waals surface area (Å²) >= 11 is 0. The second kappa shape index (κ2) is 3.64. The number of halogens is 2. The van der Waals surface area contributed by atoms with Gasteiger partial charge in [-0.15, -0.1) is 0 Å². The van der Waals surface area contributed by atoms with E-state index in [9.17, 15) is 19.0 Å². The van der Waals surface area contributed by atoms with Gasteiger partial charge >= 0.3 is 0 Å². The number of aliphatic hydroxyl groups is 2. The maximum absolute atomic E-state index is 13.1. The highest BCUT2D eigenvalue weighted by atomic mass is 19.3. The summed E-state index contributed by atoms with van der Waals surface area (Å²) in [7, 11) is 0. The van der Waals surface area contributed by atoms with Crippen molar-refractivity contribution in [2.45, 2.75) is 63.9 Å². The summed E-state index contributed by atoms with van der Waals surface area (Å²) in [6.07, 6.45) is 1.97. The Morgan fingerprint density at radius 1 is 1.00 bits per heavy atom. The monoisotopic (exact) mass is 248 g/mol. The van der Waals surface area contributed by atoms with E-state index in [4.69, 9.17) is 0 Å². The quantitative estimate of drug-likeness (QED) is 0.789. The van der Waals surface area contributed by atoms with Gasteiger partial charge in [-0.3, -0.25) is 0 Å². The Morgan fingerprint density at radius 3 is 1.82 bits per heavy atom. The SMILES string of the molecule is CC1(C)CCC(O)(C2(CO)CC(F)(F)C2)CC1. The second-order valence-electron chi connectivity index (χ2n) is 6.84. The molecule has 2 rings (SSSR count). The Balaban J connectivity index is 2.11. The van der Waals surface area contributed by atoms with Crippen LogP contribution in [0.3, 0.4) is 0 Å². The first-order valence-corrected chi connectivity index (χ1v) is 6.35. The van der Waals surface area contributed by atoms with Crippen molar-refractivity contribution in [2.24, 2.45) is 10.8 Å². The molecule has 0 spiro atoms. The maximum atomic E-state index is 13.1. The van der Waals surface area contributed by atoms with Crippen LogP contribution in [0.5, 0.6) is 0 Å². The molecule has 2 saturated carbocycles. The highest BCUT2D eigenvalue weighted by Crippen LogP contribution is 2.61. The van der Waals surface area contributed by atoms with E-state index >= 15 is 0 Å². The average molecular weight is 248 g/mol. The minimum Gasteiger partial charge on any atom is -0.396 e. The predicted octanol–water partition coefficient (Wildman–Crippen LogP) is 2.73. The molecule has 0 aromatic carbocycles. The molecule has 2 aliphatic carbocycles. The van der Waals surface area contributed by atoms with Crippen molar-refractivity contribution in [3.63, 3.8) is 0 Å². The van der Waals surface area contributed by atoms with E-state index in [1.54, 1.807) is 0 Å². The summed E-state index contributed by atoms with van der Waals surface area (Å²) in [4.78, 5) is 0. The van der Waals surface area contributed by atoms with E-state index in [0.29, 0.717) is 12.8 Å². The van der Waals surface area contributed by atoms with Gasteiger partial charge in [0.15, 0.2) is 0 Å². The Kier molecular flexibility index (Phi) is 2.83. The summed E-state index contributed by atoms with van der Waals surface area (Å²) in [5.41, 5.74) is -1.89. The fraction of sp³-hybridized carbons (Fsp3) is 1.00. The Bertz CT molecular complexity index is 295. The van der Waals surface area contributed by atoms with E-state index < -0.39 is 16.9 Å². The molecule has 4 heteroatoms. The molecule has 0 aromatic heterocycles. The van der Waals surface area contributed by atoms with Crippen molar-refractivity contribution in [2.75, 3.05) is 6.61 Å². The predicted molar refractivity (Wildman–Crippen MR) is 60.9 cm³/mol. The highest BCUT2D eigenvalue weighted by molar-refractivity contribution is 5.11. The van der Waals surface area contributed by atoms with Crippen LogP contribution >= 0.6 is 0 Å². The molecule has 17 heavy (non-hydrogen) atoms. The van der Waals surface area contributed by atoms with Gasteiger partial charge in [0.05, 0.1) is 12.2 Å². The van der Waals surface area contributed by atoms with Gasteiger partial charge in [-0.2, -0.15) is 0 Å². The molecule has 0 radical (unpaired) electrons. The van der Waals surface area contributed by atoms with Gasteiger partial charge in [0.25, 0.3) is 0 Å². The maximum Gasteiger partial charge on any atom is 0.249 e. The molecule has 2 nitrogen and oxygen atoms in total. The third kappa shape index (κ3) is 2.10. The smallest absolute Gasteiger partial charge is 0.249 e. The standard InChI is InChI=1S/C13H22F2O2/c1-10(2)3-5-12(17,6-4-10)11(9-16)7-13(14,15)8-11/h16-17H,3-9H2,1-2H3. The third-order valence-corrected chi connectivity index (χ3v) is 4.91. The topological polar surface area (TPSA) is 40.5 Å². The third-order valence-electron chi connectivity index (χ3n) is 4.91. The lowest BCUT2D eigenvalue weighted by Gasteiger charge is -2.58. The summed E-state index contributed by atoms with van der Waals surface area (Å²) < 4.78 is 26.1. The lowest BCUT2D eigenvalue weighted by molar-refractivity contribution is -0.263. The summed E-state index contributed by atoms with van der Waals surface area (Å²) in [6, 6.07) is 0. The number of hydrogen-bond acceptors (Lipinski definition) is 2. The zero-order chi connectivity index (χ0) is 12.9. The Morgan fingerprint density at radius 2 is 1.47 bits per heavy atom. The van der Waals surface area contributed by atoms with E-state index in [-0.39, 0.29) is 24.9 Å². The molecule has 2 fully saturated rings. The highest BCUT2D eigenvalue weighted by Gasteiger charge is 2.65. The Labute approximate surface area is 101 Å². The molecule has 0 aliphatic heterocycles. The van der Waals surface area contributed by atoms with Gasteiger partial charge in [-0.1, -0.05) is 13.8 Å². The van der Waals surface area contributed by atoms with Gasteiger partial charge in [-0.25, -0.2) is 8.78 Å². The lowest BCUT2D eigenvalue weighted by Crippen LogP contribution is -2.63. The number of hydrogen-bond donors (Lipinski definition) is 2. The molecule has 100 valence electrons.